The second kappa shape index (κ2) is 15.2. The molecule has 0 aromatic heterocycles. The van der Waals surface area contributed by atoms with Crippen molar-refractivity contribution in [1.29, 1.82) is 0 Å². The average Bonchev–Trinajstić information content (AvgIpc) is 2.62. The molecule has 0 atom stereocenters. The Hall–Kier alpha value is -1.31. The van der Waals surface area contributed by atoms with E-state index in [2.05, 4.69) is 6.92 Å². The number of carbonyl (C=O) groups is 1. The van der Waals surface area contributed by atoms with Gasteiger partial charge in [0.25, 0.3) is 0 Å². The number of esters is 1. The molecule has 0 saturated heterocycles. The first-order valence-electron chi connectivity index (χ1n) is 10.0. The molecule has 24 heavy (non-hydrogen) atoms. The maximum atomic E-state index is 11.7. The van der Waals surface area contributed by atoms with Crippen molar-refractivity contribution in [3.8, 4) is 0 Å². The van der Waals surface area contributed by atoms with E-state index < -0.39 is 0 Å². The maximum absolute atomic E-state index is 11.7. The van der Waals surface area contributed by atoms with Crippen LogP contribution in [0.5, 0.6) is 0 Å². The second-order valence-corrected chi connectivity index (χ2v) is 6.79. The van der Waals surface area contributed by atoms with Gasteiger partial charge in [0.1, 0.15) is 6.61 Å². The zero-order valence-corrected chi connectivity index (χ0v) is 15.6. The van der Waals surface area contributed by atoms with E-state index in [1.807, 2.05) is 30.3 Å². The van der Waals surface area contributed by atoms with E-state index in [0.717, 1.165) is 18.4 Å². The van der Waals surface area contributed by atoms with Crippen molar-refractivity contribution >= 4 is 5.97 Å². The SMILES string of the molecule is CCCCCCCCCCCCCCC(=O)OCc1ccccc1. The Labute approximate surface area is 149 Å². The van der Waals surface area contributed by atoms with Gasteiger partial charge < -0.3 is 4.74 Å². The molecule has 0 saturated carbocycles. The van der Waals surface area contributed by atoms with Crippen LogP contribution in [0, 0.1) is 0 Å². The van der Waals surface area contributed by atoms with Crippen LogP contribution in [-0.4, -0.2) is 5.97 Å². The van der Waals surface area contributed by atoms with Crippen LogP contribution < -0.4 is 0 Å². The Balaban J connectivity index is 1.82. The Morgan fingerprint density at radius 2 is 1.25 bits per heavy atom. The lowest BCUT2D eigenvalue weighted by molar-refractivity contribution is -0.145. The van der Waals surface area contributed by atoms with Crippen molar-refractivity contribution in [2.45, 2.75) is 97.0 Å². The van der Waals surface area contributed by atoms with Gasteiger partial charge in [-0.3, -0.25) is 4.79 Å². The predicted molar refractivity (Wildman–Crippen MR) is 102 cm³/mol. The molecule has 2 nitrogen and oxygen atoms in total. The minimum Gasteiger partial charge on any atom is -0.461 e. The Kier molecular flexibility index (Phi) is 13.2. The lowest BCUT2D eigenvalue weighted by atomic mass is 10.0. The van der Waals surface area contributed by atoms with Gasteiger partial charge in [-0.05, 0) is 12.0 Å². The van der Waals surface area contributed by atoms with Crippen LogP contribution in [0.15, 0.2) is 30.3 Å². The minimum atomic E-state index is -0.0640. The molecule has 0 aliphatic rings. The van der Waals surface area contributed by atoms with Crippen LogP contribution in [0.3, 0.4) is 0 Å². The highest BCUT2D eigenvalue weighted by atomic mass is 16.5. The lowest BCUT2D eigenvalue weighted by Crippen LogP contribution is -2.04. The van der Waals surface area contributed by atoms with Crippen LogP contribution in [0.4, 0.5) is 0 Å². The van der Waals surface area contributed by atoms with Crippen molar-refractivity contribution < 1.29 is 9.53 Å². The van der Waals surface area contributed by atoms with Crippen LogP contribution in [-0.2, 0) is 16.1 Å². The zero-order chi connectivity index (χ0) is 17.3. The summed E-state index contributed by atoms with van der Waals surface area (Å²) >= 11 is 0. The van der Waals surface area contributed by atoms with Gasteiger partial charge in [-0.15, -0.1) is 0 Å². The van der Waals surface area contributed by atoms with Gasteiger partial charge in [-0.25, -0.2) is 0 Å². The molecular weight excluding hydrogens is 296 g/mol. The van der Waals surface area contributed by atoms with E-state index >= 15 is 0 Å². The molecule has 0 bridgehead atoms. The highest BCUT2D eigenvalue weighted by Crippen LogP contribution is 2.12. The molecule has 0 spiro atoms. The minimum absolute atomic E-state index is 0.0640. The molecular formula is C22H36O2. The van der Waals surface area contributed by atoms with Crippen molar-refractivity contribution in [1.82, 2.24) is 0 Å². The summed E-state index contributed by atoms with van der Waals surface area (Å²) in [5.41, 5.74) is 1.06. The number of carbonyl (C=O) groups excluding carboxylic acids is 1. The summed E-state index contributed by atoms with van der Waals surface area (Å²) in [5, 5.41) is 0. The summed E-state index contributed by atoms with van der Waals surface area (Å²) < 4.78 is 5.29. The average molecular weight is 333 g/mol. The molecule has 0 amide bonds. The predicted octanol–water partition coefficient (Wildman–Crippen LogP) is 6.82. The van der Waals surface area contributed by atoms with Crippen LogP contribution in [0.25, 0.3) is 0 Å². The molecule has 136 valence electrons. The number of unbranched alkanes of at least 4 members (excludes halogenated alkanes) is 11. The summed E-state index contributed by atoms with van der Waals surface area (Å²) in [7, 11) is 0. The smallest absolute Gasteiger partial charge is 0.306 e. The van der Waals surface area contributed by atoms with Crippen molar-refractivity contribution in [3.63, 3.8) is 0 Å². The number of benzene rings is 1. The summed E-state index contributed by atoms with van der Waals surface area (Å²) in [5.74, 6) is -0.0640. The van der Waals surface area contributed by atoms with E-state index in [-0.39, 0.29) is 5.97 Å². The molecule has 1 aromatic carbocycles. The van der Waals surface area contributed by atoms with Crippen LogP contribution in [0.2, 0.25) is 0 Å². The molecule has 0 heterocycles. The second-order valence-electron chi connectivity index (χ2n) is 6.79. The number of ether oxygens (including phenoxy) is 1. The number of hydrogen-bond acceptors (Lipinski definition) is 2. The van der Waals surface area contributed by atoms with E-state index in [9.17, 15) is 4.79 Å². The molecule has 0 aliphatic heterocycles. The summed E-state index contributed by atoms with van der Waals surface area (Å²) in [6, 6.07) is 9.87. The van der Waals surface area contributed by atoms with Crippen LogP contribution in [0.1, 0.15) is 96.0 Å². The third-order valence-electron chi connectivity index (χ3n) is 4.48. The highest BCUT2D eigenvalue weighted by Gasteiger charge is 2.03. The Morgan fingerprint density at radius 3 is 1.79 bits per heavy atom. The quantitative estimate of drug-likeness (QED) is 0.260. The van der Waals surface area contributed by atoms with Gasteiger partial charge in [0.05, 0.1) is 0 Å². The van der Waals surface area contributed by atoms with Crippen LogP contribution >= 0.6 is 0 Å². The molecule has 0 aliphatic carbocycles. The van der Waals surface area contributed by atoms with E-state index in [1.54, 1.807) is 0 Å². The fraction of sp³-hybridized carbons (Fsp3) is 0.682. The van der Waals surface area contributed by atoms with E-state index in [0.29, 0.717) is 13.0 Å². The fourth-order valence-electron chi connectivity index (χ4n) is 2.92. The molecule has 0 fully saturated rings. The third-order valence-corrected chi connectivity index (χ3v) is 4.48. The van der Waals surface area contributed by atoms with Crippen molar-refractivity contribution in [2.75, 3.05) is 0 Å². The topological polar surface area (TPSA) is 26.3 Å². The maximum Gasteiger partial charge on any atom is 0.306 e. The summed E-state index contributed by atoms with van der Waals surface area (Å²) in [6.07, 6.45) is 16.3. The summed E-state index contributed by atoms with van der Waals surface area (Å²) in [6.45, 7) is 2.67. The van der Waals surface area contributed by atoms with Gasteiger partial charge in [0.15, 0.2) is 0 Å². The highest BCUT2D eigenvalue weighted by molar-refractivity contribution is 5.69. The van der Waals surface area contributed by atoms with Crippen molar-refractivity contribution in [3.05, 3.63) is 35.9 Å². The molecule has 0 radical (unpaired) electrons. The first-order chi connectivity index (χ1) is 11.8. The third kappa shape index (κ3) is 12.2. The first-order valence-corrected chi connectivity index (χ1v) is 10.0. The van der Waals surface area contributed by atoms with Gasteiger partial charge in [-0.2, -0.15) is 0 Å². The molecule has 2 heteroatoms. The number of rotatable bonds is 15. The molecule has 0 N–H and O–H groups in total. The standard InChI is InChI=1S/C22H36O2/c1-2-3-4-5-6-7-8-9-10-11-12-16-19-22(23)24-20-21-17-14-13-15-18-21/h13-15,17-18H,2-12,16,19-20H2,1H3. The molecule has 1 aromatic rings. The molecule has 0 unspecified atom stereocenters. The summed E-state index contributed by atoms with van der Waals surface area (Å²) in [4.78, 5) is 11.7. The van der Waals surface area contributed by atoms with Gasteiger partial charge in [0, 0.05) is 6.42 Å². The Bertz CT molecular complexity index is 400. The fourth-order valence-corrected chi connectivity index (χ4v) is 2.92. The number of hydrogen-bond donors (Lipinski definition) is 0. The van der Waals surface area contributed by atoms with Gasteiger partial charge in [-0.1, -0.05) is 108 Å². The van der Waals surface area contributed by atoms with E-state index in [1.165, 1.54) is 64.2 Å². The normalized spacial score (nSPS) is 10.7. The van der Waals surface area contributed by atoms with E-state index in [4.69, 9.17) is 4.74 Å². The zero-order valence-electron chi connectivity index (χ0n) is 15.6. The first kappa shape index (κ1) is 20.7. The largest absolute Gasteiger partial charge is 0.461 e. The lowest BCUT2D eigenvalue weighted by Gasteiger charge is -2.05. The van der Waals surface area contributed by atoms with Gasteiger partial charge >= 0.3 is 5.97 Å². The Morgan fingerprint density at radius 1 is 0.750 bits per heavy atom. The monoisotopic (exact) mass is 332 g/mol. The van der Waals surface area contributed by atoms with Gasteiger partial charge in [0.2, 0.25) is 0 Å². The molecule has 1 rings (SSSR count). The van der Waals surface area contributed by atoms with Crippen molar-refractivity contribution in [2.24, 2.45) is 0 Å².